The van der Waals surface area contributed by atoms with Gasteiger partial charge < -0.3 is 10.1 Å². The standard InChI is InChI=1S/C18H19ClFNO2S/c19-15-4-8-17(9-5-15)23-10-1-11-24-13-18(22)21-12-14-2-6-16(20)7-3-14/h2-9H,1,10-13H2,(H,21,22). The molecule has 0 saturated heterocycles. The molecule has 0 radical (unpaired) electrons. The molecule has 0 aromatic heterocycles. The number of carbonyl (C=O) groups excluding carboxylic acids is 1. The first-order valence-corrected chi connectivity index (χ1v) is 9.14. The summed E-state index contributed by atoms with van der Waals surface area (Å²) in [5, 5.41) is 3.50. The zero-order valence-electron chi connectivity index (χ0n) is 13.1. The van der Waals surface area contributed by atoms with Gasteiger partial charge in [-0.05, 0) is 54.1 Å². The lowest BCUT2D eigenvalue weighted by atomic mass is 10.2. The third kappa shape index (κ3) is 7.23. The van der Waals surface area contributed by atoms with Gasteiger partial charge in [0, 0.05) is 11.6 Å². The van der Waals surface area contributed by atoms with Crippen molar-refractivity contribution < 1.29 is 13.9 Å². The molecule has 0 atom stereocenters. The molecular weight excluding hydrogens is 349 g/mol. The number of rotatable bonds is 9. The van der Waals surface area contributed by atoms with Crippen LogP contribution in [0.1, 0.15) is 12.0 Å². The van der Waals surface area contributed by atoms with Gasteiger partial charge in [0.1, 0.15) is 11.6 Å². The summed E-state index contributed by atoms with van der Waals surface area (Å²) in [4.78, 5) is 11.7. The summed E-state index contributed by atoms with van der Waals surface area (Å²) in [5.74, 6) is 1.74. The number of hydrogen-bond acceptors (Lipinski definition) is 3. The highest BCUT2D eigenvalue weighted by Crippen LogP contribution is 2.15. The van der Waals surface area contributed by atoms with Gasteiger partial charge in [0.2, 0.25) is 5.91 Å². The van der Waals surface area contributed by atoms with E-state index in [1.165, 1.54) is 12.1 Å². The molecule has 0 aliphatic heterocycles. The van der Waals surface area contributed by atoms with Crippen LogP contribution in [-0.2, 0) is 11.3 Å². The van der Waals surface area contributed by atoms with E-state index in [9.17, 15) is 9.18 Å². The molecule has 3 nitrogen and oxygen atoms in total. The second-order valence-electron chi connectivity index (χ2n) is 5.11. The third-order valence-corrected chi connectivity index (χ3v) is 4.45. The summed E-state index contributed by atoms with van der Waals surface area (Å²) < 4.78 is 18.4. The lowest BCUT2D eigenvalue weighted by Gasteiger charge is -2.07. The van der Waals surface area contributed by atoms with Gasteiger partial charge in [0.05, 0.1) is 12.4 Å². The van der Waals surface area contributed by atoms with Crippen molar-refractivity contribution in [2.24, 2.45) is 0 Å². The van der Waals surface area contributed by atoms with Gasteiger partial charge in [-0.2, -0.15) is 11.8 Å². The highest BCUT2D eigenvalue weighted by molar-refractivity contribution is 7.99. The van der Waals surface area contributed by atoms with E-state index in [2.05, 4.69) is 5.32 Å². The van der Waals surface area contributed by atoms with Crippen LogP contribution in [0.3, 0.4) is 0 Å². The van der Waals surface area contributed by atoms with Crippen molar-refractivity contribution in [1.29, 1.82) is 0 Å². The zero-order valence-corrected chi connectivity index (χ0v) is 14.7. The maximum Gasteiger partial charge on any atom is 0.230 e. The topological polar surface area (TPSA) is 38.3 Å². The molecule has 128 valence electrons. The fourth-order valence-corrected chi connectivity index (χ4v) is 2.78. The van der Waals surface area contributed by atoms with Crippen LogP contribution < -0.4 is 10.1 Å². The summed E-state index contributed by atoms with van der Waals surface area (Å²) >= 11 is 7.37. The monoisotopic (exact) mass is 367 g/mol. The van der Waals surface area contributed by atoms with E-state index < -0.39 is 0 Å². The molecule has 0 unspecified atom stereocenters. The maximum absolute atomic E-state index is 12.8. The van der Waals surface area contributed by atoms with Crippen LogP contribution in [0.4, 0.5) is 4.39 Å². The van der Waals surface area contributed by atoms with E-state index in [0.717, 1.165) is 23.5 Å². The van der Waals surface area contributed by atoms with E-state index in [4.69, 9.17) is 16.3 Å². The zero-order chi connectivity index (χ0) is 17.2. The maximum atomic E-state index is 12.8. The molecule has 2 aromatic carbocycles. The molecule has 0 bridgehead atoms. The van der Waals surface area contributed by atoms with Crippen LogP contribution in [0, 0.1) is 5.82 Å². The second-order valence-corrected chi connectivity index (χ2v) is 6.65. The summed E-state index contributed by atoms with van der Waals surface area (Å²) in [6, 6.07) is 13.3. The van der Waals surface area contributed by atoms with Crippen molar-refractivity contribution in [1.82, 2.24) is 5.32 Å². The summed E-state index contributed by atoms with van der Waals surface area (Å²) in [7, 11) is 0. The summed E-state index contributed by atoms with van der Waals surface area (Å²) in [5.41, 5.74) is 0.881. The minimum Gasteiger partial charge on any atom is -0.494 e. The normalized spacial score (nSPS) is 10.4. The van der Waals surface area contributed by atoms with Gasteiger partial charge in [-0.3, -0.25) is 4.79 Å². The van der Waals surface area contributed by atoms with E-state index >= 15 is 0 Å². The average molecular weight is 368 g/mol. The Morgan fingerprint density at radius 3 is 2.54 bits per heavy atom. The predicted molar refractivity (Wildman–Crippen MR) is 97.1 cm³/mol. The SMILES string of the molecule is O=C(CSCCCOc1ccc(Cl)cc1)NCc1ccc(F)cc1. The number of benzene rings is 2. The van der Waals surface area contributed by atoms with Gasteiger partial charge >= 0.3 is 0 Å². The second kappa shape index (κ2) is 10.2. The minimum absolute atomic E-state index is 0.0251. The van der Waals surface area contributed by atoms with Crippen molar-refractivity contribution in [2.75, 3.05) is 18.1 Å². The van der Waals surface area contributed by atoms with Crippen LogP contribution in [-0.4, -0.2) is 24.0 Å². The number of thioether (sulfide) groups is 1. The van der Waals surface area contributed by atoms with Gasteiger partial charge in [-0.15, -0.1) is 0 Å². The molecule has 6 heteroatoms. The Kier molecular flexibility index (Phi) is 7.92. The highest BCUT2D eigenvalue weighted by Gasteiger charge is 2.02. The number of amides is 1. The van der Waals surface area contributed by atoms with Crippen LogP contribution in [0.5, 0.6) is 5.75 Å². The number of nitrogens with one attached hydrogen (secondary N) is 1. The summed E-state index contributed by atoms with van der Waals surface area (Å²) in [6.07, 6.45) is 0.860. The Bertz CT molecular complexity index is 634. The first-order valence-electron chi connectivity index (χ1n) is 7.61. The molecule has 0 aliphatic rings. The van der Waals surface area contributed by atoms with Crippen LogP contribution >= 0.6 is 23.4 Å². The Morgan fingerprint density at radius 1 is 1.12 bits per heavy atom. The molecule has 24 heavy (non-hydrogen) atoms. The Labute approximate surface area is 150 Å². The molecule has 1 N–H and O–H groups in total. The molecule has 0 spiro atoms. The molecule has 2 aromatic rings. The largest absolute Gasteiger partial charge is 0.494 e. The van der Waals surface area contributed by atoms with Crippen molar-refractivity contribution >= 4 is 29.3 Å². The van der Waals surface area contributed by atoms with Gasteiger partial charge in [-0.1, -0.05) is 23.7 Å². The number of carbonyl (C=O) groups is 1. The fraction of sp³-hybridized carbons (Fsp3) is 0.278. The third-order valence-electron chi connectivity index (χ3n) is 3.15. The predicted octanol–water partition coefficient (Wildman–Crippen LogP) is 4.30. The van der Waals surface area contributed by atoms with Crippen molar-refractivity contribution in [3.05, 3.63) is 64.9 Å². The first kappa shape index (κ1) is 18.6. The molecule has 0 aliphatic carbocycles. The Hall–Kier alpha value is -1.72. The van der Waals surface area contributed by atoms with Crippen LogP contribution in [0.25, 0.3) is 0 Å². The van der Waals surface area contributed by atoms with E-state index in [0.29, 0.717) is 23.9 Å². The highest BCUT2D eigenvalue weighted by atomic mass is 35.5. The van der Waals surface area contributed by atoms with Gasteiger partial charge in [0.25, 0.3) is 0 Å². The fourth-order valence-electron chi connectivity index (χ4n) is 1.90. The van der Waals surface area contributed by atoms with E-state index in [-0.39, 0.29) is 11.7 Å². The molecule has 0 fully saturated rings. The van der Waals surface area contributed by atoms with E-state index in [1.807, 2.05) is 12.1 Å². The summed E-state index contributed by atoms with van der Waals surface area (Å²) in [6.45, 7) is 1.02. The van der Waals surface area contributed by atoms with E-state index in [1.54, 1.807) is 36.0 Å². The smallest absolute Gasteiger partial charge is 0.230 e. The Balaban J connectivity index is 1.51. The van der Waals surface area contributed by atoms with Gasteiger partial charge in [-0.25, -0.2) is 4.39 Å². The number of ether oxygens (including phenoxy) is 1. The molecule has 2 rings (SSSR count). The van der Waals surface area contributed by atoms with Crippen LogP contribution in [0.2, 0.25) is 5.02 Å². The molecule has 0 saturated carbocycles. The average Bonchev–Trinajstić information content (AvgIpc) is 2.59. The molecule has 1 amide bonds. The molecular formula is C18H19ClFNO2S. The van der Waals surface area contributed by atoms with Crippen molar-refractivity contribution in [3.8, 4) is 5.75 Å². The number of hydrogen-bond donors (Lipinski definition) is 1. The lowest BCUT2D eigenvalue weighted by Crippen LogP contribution is -2.24. The molecule has 0 heterocycles. The lowest BCUT2D eigenvalue weighted by molar-refractivity contribution is -0.118. The first-order chi connectivity index (χ1) is 11.6. The number of halogens is 2. The van der Waals surface area contributed by atoms with Crippen molar-refractivity contribution in [2.45, 2.75) is 13.0 Å². The van der Waals surface area contributed by atoms with Crippen molar-refractivity contribution in [3.63, 3.8) is 0 Å². The Morgan fingerprint density at radius 2 is 1.83 bits per heavy atom. The minimum atomic E-state index is -0.276. The van der Waals surface area contributed by atoms with Gasteiger partial charge in [0.15, 0.2) is 0 Å². The van der Waals surface area contributed by atoms with Crippen LogP contribution in [0.15, 0.2) is 48.5 Å². The quantitative estimate of drug-likeness (QED) is 0.671.